The number of rotatable bonds is 6. The summed E-state index contributed by atoms with van der Waals surface area (Å²) in [5, 5.41) is 4.16. The first-order valence-corrected chi connectivity index (χ1v) is 6.28. The minimum atomic E-state index is 0.437. The Kier molecular flexibility index (Phi) is 4.41. The zero-order chi connectivity index (χ0) is 13.7. The average molecular weight is 261 g/mol. The van der Waals surface area contributed by atoms with Gasteiger partial charge in [0.25, 0.3) is 0 Å². The molecule has 0 spiro atoms. The maximum Gasteiger partial charge on any atom is 0.157 e. The second kappa shape index (κ2) is 6.24. The predicted molar refractivity (Wildman–Crippen MR) is 73.1 cm³/mol. The molecule has 0 bridgehead atoms. The third-order valence-corrected chi connectivity index (χ3v) is 2.91. The standard InChI is InChI=1S/C14H19N3O2/c1-3-17-9-13(8-16-17)19-10-12-6-11(7-15)4-5-14(12)18-2/h4-6,8-9H,3,7,10,15H2,1-2H3. The molecular formula is C14H19N3O2. The van der Waals surface area contributed by atoms with Crippen LogP contribution in [0.25, 0.3) is 0 Å². The lowest BCUT2D eigenvalue weighted by molar-refractivity contribution is 0.296. The van der Waals surface area contributed by atoms with Gasteiger partial charge in [0, 0.05) is 18.7 Å². The molecule has 0 aliphatic heterocycles. The van der Waals surface area contributed by atoms with Crippen molar-refractivity contribution in [2.75, 3.05) is 7.11 Å². The minimum absolute atomic E-state index is 0.437. The second-order valence-corrected chi connectivity index (χ2v) is 4.17. The molecule has 0 atom stereocenters. The SMILES string of the molecule is CCn1cc(OCc2cc(CN)ccc2OC)cn1. The van der Waals surface area contributed by atoms with Crippen LogP contribution in [0.4, 0.5) is 0 Å². The molecule has 0 radical (unpaired) electrons. The maximum absolute atomic E-state index is 5.71. The largest absolute Gasteiger partial charge is 0.496 e. The average Bonchev–Trinajstić information content (AvgIpc) is 2.92. The number of benzene rings is 1. The van der Waals surface area contributed by atoms with Gasteiger partial charge in [-0.05, 0) is 24.6 Å². The first kappa shape index (κ1) is 13.4. The van der Waals surface area contributed by atoms with Crippen LogP contribution in [-0.2, 0) is 19.7 Å². The van der Waals surface area contributed by atoms with Crippen molar-refractivity contribution < 1.29 is 9.47 Å². The van der Waals surface area contributed by atoms with Crippen LogP contribution in [0.5, 0.6) is 11.5 Å². The Morgan fingerprint density at radius 2 is 2.21 bits per heavy atom. The fraction of sp³-hybridized carbons (Fsp3) is 0.357. The number of hydrogen-bond acceptors (Lipinski definition) is 4. The quantitative estimate of drug-likeness (QED) is 0.863. The van der Waals surface area contributed by atoms with Gasteiger partial charge in [-0.3, -0.25) is 4.68 Å². The fourth-order valence-corrected chi connectivity index (χ4v) is 1.82. The Labute approximate surface area is 112 Å². The van der Waals surface area contributed by atoms with E-state index in [1.54, 1.807) is 13.3 Å². The molecule has 0 aliphatic carbocycles. The summed E-state index contributed by atoms with van der Waals surface area (Å²) >= 11 is 0. The van der Waals surface area contributed by atoms with Crippen molar-refractivity contribution in [1.29, 1.82) is 0 Å². The molecule has 102 valence electrons. The van der Waals surface area contributed by atoms with Crippen molar-refractivity contribution in [2.24, 2.45) is 5.73 Å². The molecule has 2 N–H and O–H groups in total. The Hall–Kier alpha value is -2.01. The monoisotopic (exact) mass is 261 g/mol. The molecule has 0 saturated carbocycles. The van der Waals surface area contributed by atoms with Crippen molar-refractivity contribution in [3.63, 3.8) is 0 Å². The smallest absolute Gasteiger partial charge is 0.157 e. The highest BCUT2D eigenvalue weighted by Crippen LogP contribution is 2.22. The van der Waals surface area contributed by atoms with Gasteiger partial charge in [0.2, 0.25) is 0 Å². The Morgan fingerprint density at radius 3 is 2.84 bits per heavy atom. The Balaban J connectivity index is 2.09. The minimum Gasteiger partial charge on any atom is -0.496 e. The summed E-state index contributed by atoms with van der Waals surface area (Å²) in [6.07, 6.45) is 3.59. The van der Waals surface area contributed by atoms with E-state index >= 15 is 0 Å². The molecule has 0 amide bonds. The van der Waals surface area contributed by atoms with Crippen molar-refractivity contribution >= 4 is 0 Å². The number of aryl methyl sites for hydroxylation is 1. The summed E-state index contributed by atoms with van der Waals surface area (Å²) in [5.41, 5.74) is 7.68. The topological polar surface area (TPSA) is 62.3 Å². The molecule has 1 aromatic heterocycles. The molecule has 5 nitrogen and oxygen atoms in total. The van der Waals surface area contributed by atoms with Crippen LogP contribution in [0, 0.1) is 0 Å². The number of hydrogen-bond donors (Lipinski definition) is 1. The normalized spacial score (nSPS) is 10.5. The van der Waals surface area contributed by atoms with Gasteiger partial charge in [0.05, 0.1) is 19.5 Å². The van der Waals surface area contributed by atoms with E-state index < -0.39 is 0 Å². The van der Waals surface area contributed by atoms with E-state index in [0.717, 1.165) is 29.2 Å². The first-order valence-electron chi connectivity index (χ1n) is 6.28. The molecule has 19 heavy (non-hydrogen) atoms. The maximum atomic E-state index is 5.71. The summed E-state index contributed by atoms with van der Waals surface area (Å²) in [7, 11) is 1.65. The van der Waals surface area contributed by atoms with Gasteiger partial charge in [0.15, 0.2) is 5.75 Å². The molecule has 5 heteroatoms. The number of nitrogens with two attached hydrogens (primary N) is 1. The first-order chi connectivity index (χ1) is 9.26. The summed E-state index contributed by atoms with van der Waals surface area (Å²) < 4.78 is 12.9. The van der Waals surface area contributed by atoms with Crippen molar-refractivity contribution in [1.82, 2.24) is 9.78 Å². The van der Waals surface area contributed by atoms with Crippen LogP contribution in [-0.4, -0.2) is 16.9 Å². The number of methoxy groups -OCH3 is 1. The summed E-state index contributed by atoms with van der Waals surface area (Å²) in [4.78, 5) is 0. The van der Waals surface area contributed by atoms with E-state index in [9.17, 15) is 0 Å². The molecule has 0 saturated heterocycles. The molecule has 0 unspecified atom stereocenters. The van der Waals surface area contributed by atoms with Crippen LogP contribution in [0.2, 0.25) is 0 Å². The van der Waals surface area contributed by atoms with Crippen LogP contribution < -0.4 is 15.2 Å². The Bertz CT molecular complexity index is 537. The van der Waals surface area contributed by atoms with Crippen molar-refractivity contribution in [3.05, 3.63) is 41.7 Å². The predicted octanol–water partition coefficient (Wildman–Crippen LogP) is 1.95. The van der Waals surface area contributed by atoms with Crippen molar-refractivity contribution in [3.8, 4) is 11.5 Å². The van der Waals surface area contributed by atoms with Gasteiger partial charge in [0.1, 0.15) is 12.4 Å². The van der Waals surface area contributed by atoms with E-state index in [1.165, 1.54) is 0 Å². The number of aromatic nitrogens is 2. The molecule has 0 aliphatic rings. The van der Waals surface area contributed by atoms with Crippen LogP contribution in [0.1, 0.15) is 18.1 Å². The van der Waals surface area contributed by atoms with E-state index in [2.05, 4.69) is 5.10 Å². The van der Waals surface area contributed by atoms with Crippen LogP contribution in [0.15, 0.2) is 30.6 Å². The Morgan fingerprint density at radius 1 is 1.37 bits per heavy atom. The summed E-state index contributed by atoms with van der Waals surface area (Å²) in [6, 6.07) is 5.87. The lowest BCUT2D eigenvalue weighted by Crippen LogP contribution is -2.02. The van der Waals surface area contributed by atoms with Gasteiger partial charge in [-0.1, -0.05) is 6.07 Å². The van der Waals surface area contributed by atoms with E-state index in [0.29, 0.717) is 13.2 Å². The van der Waals surface area contributed by atoms with Gasteiger partial charge < -0.3 is 15.2 Å². The molecule has 0 fully saturated rings. The number of nitrogens with zero attached hydrogens (tertiary/aromatic N) is 2. The molecular weight excluding hydrogens is 242 g/mol. The lowest BCUT2D eigenvalue weighted by Gasteiger charge is -2.10. The molecule has 2 rings (SSSR count). The molecule has 1 aromatic carbocycles. The zero-order valence-corrected chi connectivity index (χ0v) is 11.3. The van der Waals surface area contributed by atoms with Gasteiger partial charge in [-0.15, -0.1) is 0 Å². The molecule has 2 aromatic rings. The molecule has 1 heterocycles. The van der Waals surface area contributed by atoms with Crippen LogP contribution >= 0.6 is 0 Å². The summed E-state index contributed by atoms with van der Waals surface area (Å²) in [5.74, 6) is 1.56. The van der Waals surface area contributed by atoms with Gasteiger partial charge >= 0.3 is 0 Å². The fourth-order valence-electron chi connectivity index (χ4n) is 1.82. The highest BCUT2D eigenvalue weighted by Gasteiger charge is 2.06. The summed E-state index contributed by atoms with van der Waals surface area (Å²) in [6.45, 7) is 3.80. The van der Waals surface area contributed by atoms with Crippen LogP contribution in [0.3, 0.4) is 0 Å². The van der Waals surface area contributed by atoms with E-state index in [4.69, 9.17) is 15.2 Å². The second-order valence-electron chi connectivity index (χ2n) is 4.17. The van der Waals surface area contributed by atoms with Gasteiger partial charge in [-0.2, -0.15) is 5.10 Å². The third-order valence-electron chi connectivity index (χ3n) is 2.91. The van der Waals surface area contributed by atoms with Gasteiger partial charge in [-0.25, -0.2) is 0 Å². The highest BCUT2D eigenvalue weighted by molar-refractivity contribution is 5.37. The highest BCUT2D eigenvalue weighted by atomic mass is 16.5. The van der Waals surface area contributed by atoms with E-state index in [1.807, 2.05) is 36.0 Å². The van der Waals surface area contributed by atoms with Crippen molar-refractivity contribution in [2.45, 2.75) is 26.6 Å². The number of ether oxygens (including phenoxy) is 2. The third kappa shape index (κ3) is 3.26. The zero-order valence-electron chi connectivity index (χ0n) is 11.3. The lowest BCUT2D eigenvalue weighted by atomic mass is 10.1. The van der Waals surface area contributed by atoms with E-state index in [-0.39, 0.29) is 0 Å².